The second-order valence-electron chi connectivity index (χ2n) is 4.62. The van der Waals surface area contributed by atoms with Crippen molar-refractivity contribution < 1.29 is 23.7 Å². The van der Waals surface area contributed by atoms with Gasteiger partial charge in [-0.2, -0.15) is 0 Å². The molecule has 2 fully saturated rings. The quantitative estimate of drug-likeness (QED) is 0.540. The summed E-state index contributed by atoms with van der Waals surface area (Å²) in [6.45, 7) is 5.64. The Morgan fingerprint density at radius 3 is 2.76 bits per heavy atom. The van der Waals surface area contributed by atoms with E-state index in [4.69, 9.17) is 14.2 Å². The molecular formula is C12H18O5. The molecule has 2 aliphatic rings. The number of rotatable bonds is 2. The Morgan fingerprint density at radius 1 is 1.47 bits per heavy atom. The zero-order valence-electron chi connectivity index (χ0n) is 10.6. The largest absolute Gasteiger partial charge is 0.466 e. The summed E-state index contributed by atoms with van der Waals surface area (Å²) in [5.74, 6) is -1.07. The third kappa shape index (κ3) is 2.36. The number of carbonyl (C=O) groups excluding carboxylic acids is 1. The van der Waals surface area contributed by atoms with Gasteiger partial charge in [0.25, 0.3) is 0 Å². The fraction of sp³-hybridized carbons (Fsp3) is 0.750. The molecule has 2 heterocycles. The molecule has 0 aromatic heterocycles. The van der Waals surface area contributed by atoms with Crippen LogP contribution in [0.1, 0.15) is 27.2 Å². The molecule has 2 saturated heterocycles. The van der Waals surface area contributed by atoms with Gasteiger partial charge in [0.15, 0.2) is 12.1 Å². The van der Waals surface area contributed by atoms with Gasteiger partial charge in [0, 0.05) is 6.08 Å². The van der Waals surface area contributed by atoms with E-state index in [1.165, 1.54) is 13.2 Å². The molecule has 5 heteroatoms. The fourth-order valence-corrected chi connectivity index (χ4v) is 2.18. The van der Waals surface area contributed by atoms with Crippen molar-refractivity contribution in [3.63, 3.8) is 0 Å². The first-order valence-corrected chi connectivity index (χ1v) is 5.77. The van der Waals surface area contributed by atoms with Crippen LogP contribution in [0.3, 0.4) is 0 Å². The van der Waals surface area contributed by atoms with Crippen LogP contribution in [-0.4, -0.2) is 37.4 Å². The molecule has 96 valence electrons. The smallest absolute Gasteiger partial charge is 0.330 e. The molecule has 3 atom stereocenters. The van der Waals surface area contributed by atoms with Crippen LogP contribution in [0, 0.1) is 0 Å². The van der Waals surface area contributed by atoms with Gasteiger partial charge in [-0.15, -0.1) is 0 Å². The average molecular weight is 242 g/mol. The lowest BCUT2D eigenvalue weighted by molar-refractivity contribution is -0.200. The highest BCUT2D eigenvalue weighted by Crippen LogP contribution is 2.41. The fourth-order valence-electron chi connectivity index (χ4n) is 2.18. The summed E-state index contributed by atoms with van der Waals surface area (Å²) in [5.41, 5.74) is 0.801. The summed E-state index contributed by atoms with van der Waals surface area (Å²) >= 11 is 0. The highest BCUT2D eigenvalue weighted by molar-refractivity contribution is 5.83. The Labute approximate surface area is 101 Å². The van der Waals surface area contributed by atoms with Gasteiger partial charge in [0.1, 0.15) is 6.10 Å². The van der Waals surface area contributed by atoms with Crippen LogP contribution in [0.4, 0.5) is 0 Å². The van der Waals surface area contributed by atoms with E-state index in [2.05, 4.69) is 4.74 Å². The first kappa shape index (κ1) is 12.5. The molecule has 5 nitrogen and oxygen atoms in total. The molecule has 0 spiro atoms. The minimum absolute atomic E-state index is 0.139. The molecule has 0 amide bonds. The van der Waals surface area contributed by atoms with Crippen LogP contribution in [0.15, 0.2) is 11.6 Å². The predicted molar refractivity (Wildman–Crippen MR) is 59.1 cm³/mol. The van der Waals surface area contributed by atoms with Crippen molar-refractivity contribution in [2.24, 2.45) is 0 Å². The Balaban J connectivity index is 2.22. The van der Waals surface area contributed by atoms with E-state index in [1.807, 2.05) is 20.8 Å². The molecule has 0 aliphatic carbocycles. The second-order valence-corrected chi connectivity index (χ2v) is 4.62. The minimum atomic E-state index is -0.677. The summed E-state index contributed by atoms with van der Waals surface area (Å²) in [6, 6.07) is 0. The molecule has 17 heavy (non-hydrogen) atoms. The molecule has 0 aromatic carbocycles. The van der Waals surface area contributed by atoms with Crippen molar-refractivity contribution in [3.8, 4) is 0 Å². The zero-order chi connectivity index (χ0) is 12.6. The molecule has 0 unspecified atom stereocenters. The number of hydrogen-bond donors (Lipinski definition) is 0. The van der Waals surface area contributed by atoms with E-state index < -0.39 is 18.0 Å². The van der Waals surface area contributed by atoms with Gasteiger partial charge in [0.2, 0.25) is 0 Å². The lowest BCUT2D eigenvalue weighted by Gasteiger charge is -2.21. The minimum Gasteiger partial charge on any atom is -0.466 e. The van der Waals surface area contributed by atoms with E-state index in [-0.39, 0.29) is 12.2 Å². The Bertz CT molecular complexity index is 347. The van der Waals surface area contributed by atoms with Gasteiger partial charge in [0.05, 0.1) is 13.2 Å². The van der Waals surface area contributed by atoms with Crippen molar-refractivity contribution in [1.82, 2.24) is 0 Å². The third-order valence-electron chi connectivity index (χ3n) is 2.91. The monoisotopic (exact) mass is 242 g/mol. The average Bonchev–Trinajstić information content (AvgIpc) is 2.72. The molecular weight excluding hydrogens is 224 g/mol. The molecule has 2 aliphatic heterocycles. The lowest BCUT2D eigenvalue weighted by Crippen LogP contribution is -2.25. The Kier molecular flexibility index (Phi) is 3.25. The van der Waals surface area contributed by atoms with Crippen molar-refractivity contribution in [1.29, 1.82) is 0 Å². The van der Waals surface area contributed by atoms with Crippen LogP contribution < -0.4 is 0 Å². The van der Waals surface area contributed by atoms with Crippen molar-refractivity contribution in [3.05, 3.63) is 11.6 Å². The van der Waals surface area contributed by atoms with Crippen LogP contribution in [0.25, 0.3) is 0 Å². The van der Waals surface area contributed by atoms with Crippen molar-refractivity contribution in [2.75, 3.05) is 7.11 Å². The number of ether oxygens (including phenoxy) is 4. The summed E-state index contributed by atoms with van der Waals surface area (Å²) < 4.78 is 21.7. The maximum atomic E-state index is 11.3. The van der Waals surface area contributed by atoms with Gasteiger partial charge < -0.3 is 18.9 Å². The summed E-state index contributed by atoms with van der Waals surface area (Å²) in [5, 5.41) is 0. The molecule has 0 bridgehead atoms. The molecule has 2 rings (SSSR count). The number of methoxy groups -OCH3 is 1. The summed E-state index contributed by atoms with van der Waals surface area (Å²) in [6.07, 6.45) is 1.34. The van der Waals surface area contributed by atoms with Gasteiger partial charge in [-0.1, -0.05) is 6.92 Å². The first-order chi connectivity index (χ1) is 7.96. The van der Waals surface area contributed by atoms with Gasteiger partial charge >= 0.3 is 5.97 Å². The molecule has 0 aromatic rings. The SMILES string of the molecule is CC[C@H]1O[C@@H]2OC(C)(C)O[C@H]2/C1=C\C(=O)OC. The number of hydrogen-bond acceptors (Lipinski definition) is 5. The highest BCUT2D eigenvalue weighted by Gasteiger charge is 2.51. The van der Waals surface area contributed by atoms with Crippen molar-refractivity contribution in [2.45, 2.75) is 51.5 Å². The van der Waals surface area contributed by atoms with Crippen LogP contribution in [0.2, 0.25) is 0 Å². The Hall–Kier alpha value is -0.910. The molecule has 0 radical (unpaired) electrons. The van der Waals surface area contributed by atoms with Gasteiger partial charge in [-0.3, -0.25) is 0 Å². The van der Waals surface area contributed by atoms with Crippen molar-refractivity contribution >= 4 is 5.97 Å². The van der Waals surface area contributed by atoms with Crippen LogP contribution >= 0.6 is 0 Å². The summed E-state index contributed by atoms with van der Waals surface area (Å²) in [7, 11) is 1.35. The van der Waals surface area contributed by atoms with E-state index in [1.54, 1.807) is 0 Å². The predicted octanol–water partition coefficient (Wildman–Crippen LogP) is 1.37. The maximum Gasteiger partial charge on any atom is 0.330 e. The number of fused-ring (bicyclic) bond motifs is 1. The van der Waals surface area contributed by atoms with E-state index in [0.29, 0.717) is 0 Å². The topological polar surface area (TPSA) is 54.0 Å². The molecule has 0 saturated carbocycles. The van der Waals surface area contributed by atoms with Crippen LogP contribution in [0.5, 0.6) is 0 Å². The first-order valence-electron chi connectivity index (χ1n) is 5.77. The van der Waals surface area contributed by atoms with Gasteiger partial charge in [-0.05, 0) is 25.8 Å². The van der Waals surface area contributed by atoms with Crippen LogP contribution in [-0.2, 0) is 23.7 Å². The zero-order valence-corrected chi connectivity index (χ0v) is 10.6. The van der Waals surface area contributed by atoms with E-state index in [9.17, 15) is 4.79 Å². The lowest BCUT2D eigenvalue weighted by atomic mass is 10.0. The second kappa shape index (κ2) is 4.40. The highest BCUT2D eigenvalue weighted by atomic mass is 16.8. The normalized spacial score (nSPS) is 37.2. The summed E-state index contributed by atoms with van der Waals surface area (Å²) in [4.78, 5) is 11.3. The Morgan fingerprint density at radius 2 is 2.18 bits per heavy atom. The number of esters is 1. The maximum absolute atomic E-state index is 11.3. The van der Waals surface area contributed by atoms with E-state index in [0.717, 1.165) is 12.0 Å². The van der Waals surface area contributed by atoms with Gasteiger partial charge in [-0.25, -0.2) is 4.79 Å². The number of carbonyl (C=O) groups is 1. The molecule has 0 N–H and O–H groups in total. The van der Waals surface area contributed by atoms with E-state index >= 15 is 0 Å². The standard InChI is InChI=1S/C12H18O5/c1-5-8-7(6-9(13)14-4)10-11(15-8)17-12(2,3)16-10/h6,8,10-11H,5H2,1-4H3/b7-6-/t8-,10+,11-/m1/s1. The third-order valence-corrected chi connectivity index (χ3v) is 2.91.